The number of hydrogen-bond acceptors (Lipinski definition) is 3. The zero-order valence-electron chi connectivity index (χ0n) is 10.5. The summed E-state index contributed by atoms with van der Waals surface area (Å²) in [6, 6.07) is 7.19. The van der Waals surface area contributed by atoms with Gasteiger partial charge in [-0.25, -0.2) is 0 Å². The van der Waals surface area contributed by atoms with E-state index in [1.807, 2.05) is 6.07 Å². The Hall–Kier alpha value is -2.30. The highest BCUT2D eigenvalue weighted by Crippen LogP contribution is 2.27. The molecule has 100 valence electrons. The third-order valence-electron chi connectivity index (χ3n) is 3.02. The Bertz CT molecular complexity index is 513. The van der Waals surface area contributed by atoms with Gasteiger partial charge in [-0.15, -0.1) is 0 Å². The highest BCUT2D eigenvalue weighted by atomic mass is 16.5. The summed E-state index contributed by atoms with van der Waals surface area (Å²) < 4.78 is 5.42. The summed E-state index contributed by atoms with van der Waals surface area (Å²) in [4.78, 5) is 24.6. The highest BCUT2D eigenvalue weighted by Gasteiger charge is 2.33. The van der Waals surface area contributed by atoms with E-state index in [0.29, 0.717) is 18.9 Å². The zero-order valence-corrected chi connectivity index (χ0v) is 10.5. The Morgan fingerprint density at radius 3 is 3.00 bits per heavy atom. The highest BCUT2D eigenvalue weighted by molar-refractivity contribution is 6.00. The Kier molecular flexibility index (Phi) is 3.85. The van der Waals surface area contributed by atoms with Gasteiger partial charge in [0.15, 0.2) is 0 Å². The molecule has 0 unspecified atom stereocenters. The number of hydrogen-bond donors (Lipinski definition) is 1. The first-order chi connectivity index (χ1) is 9.11. The van der Waals surface area contributed by atoms with Crippen LogP contribution in [0.25, 0.3) is 0 Å². The molecule has 0 bridgehead atoms. The van der Waals surface area contributed by atoms with Gasteiger partial charge < -0.3 is 15.4 Å². The Morgan fingerprint density at radius 2 is 2.37 bits per heavy atom. The van der Waals surface area contributed by atoms with Crippen molar-refractivity contribution < 1.29 is 14.3 Å². The zero-order chi connectivity index (χ0) is 13.8. The maximum absolute atomic E-state index is 11.9. The number of carbonyl (C=O) groups excluding carboxylic acids is 2. The van der Waals surface area contributed by atoms with Crippen LogP contribution in [0.5, 0.6) is 5.75 Å². The van der Waals surface area contributed by atoms with Crippen LogP contribution in [0.3, 0.4) is 0 Å². The number of rotatable bonds is 5. The van der Waals surface area contributed by atoms with Crippen molar-refractivity contribution in [3.05, 3.63) is 36.9 Å². The molecule has 1 saturated heterocycles. The molecule has 1 aliphatic rings. The van der Waals surface area contributed by atoms with Crippen molar-refractivity contribution in [1.29, 1.82) is 0 Å². The molecule has 5 nitrogen and oxygen atoms in total. The monoisotopic (exact) mass is 260 g/mol. The molecule has 19 heavy (non-hydrogen) atoms. The third-order valence-corrected chi connectivity index (χ3v) is 3.02. The minimum Gasteiger partial charge on any atom is -0.489 e. The standard InChI is InChI=1S/C14H16N2O3/c1-2-6-19-12-5-3-4-11(8-12)16-9-10(14(15)18)7-13(16)17/h2-5,8,10H,1,6-7,9H2,(H2,15,18)/t10-/m1/s1. The van der Waals surface area contributed by atoms with E-state index in [2.05, 4.69) is 6.58 Å². The Morgan fingerprint density at radius 1 is 1.58 bits per heavy atom. The van der Waals surface area contributed by atoms with Gasteiger partial charge in [0.05, 0.1) is 5.92 Å². The second kappa shape index (κ2) is 5.56. The van der Waals surface area contributed by atoms with Gasteiger partial charge in [-0.1, -0.05) is 18.7 Å². The van der Waals surface area contributed by atoms with Crippen molar-refractivity contribution in [2.75, 3.05) is 18.1 Å². The first-order valence-electron chi connectivity index (χ1n) is 6.05. The van der Waals surface area contributed by atoms with Crippen molar-refractivity contribution in [2.24, 2.45) is 11.7 Å². The average molecular weight is 260 g/mol. The fourth-order valence-corrected chi connectivity index (χ4v) is 2.04. The van der Waals surface area contributed by atoms with Gasteiger partial charge in [0.2, 0.25) is 11.8 Å². The number of nitrogens with two attached hydrogens (primary N) is 1. The normalized spacial score (nSPS) is 18.4. The molecule has 2 N–H and O–H groups in total. The van der Waals surface area contributed by atoms with Crippen molar-refractivity contribution in [3.8, 4) is 5.75 Å². The number of primary amides is 1. The number of carbonyl (C=O) groups is 2. The van der Waals surface area contributed by atoms with E-state index in [9.17, 15) is 9.59 Å². The molecule has 1 aromatic carbocycles. The first kappa shape index (κ1) is 13.1. The van der Waals surface area contributed by atoms with Crippen LogP contribution in [0.4, 0.5) is 5.69 Å². The van der Waals surface area contributed by atoms with Crippen LogP contribution in [-0.2, 0) is 9.59 Å². The van der Waals surface area contributed by atoms with E-state index in [1.54, 1.807) is 29.2 Å². The molecule has 2 amide bonds. The summed E-state index contributed by atoms with van der Waals surface area (Å²) in [7, 11) is 0. The van der Waals surface area contributed by atoms with Crippen molar-refractivity contribution >= 4 is 17.5 Å². The summed E-state index contributed by atoms with van der Waals surface area (Å²) >= 11 is 0. The SMILES string of the molecule is C=CCOc1cccc(N2C[C@H](C(N)=O)CC2=O)c1. The van der Waals surface area contributed by atoms with Gasteiger partial charge in [0, 0.05) is 24.7 Å². The molecule has 0 spiro atoms. The number of anilines is 1. The first-order valence-corrected chi connectivity index (χ1v) is 6.05. The second-order valence-electron chi connectivity index (χ2n) is 4.40. The van der Waals surface area contributed by atoms with Crippen LogP contribution in [0.15, 0.2) is 36.9 Å². The number of nitrogens with zero attached hydrogens (tertiary/aromatic N) is 1. The van der Waals surface area contributed by atoms with Gasteiger partial charge in [0.1, 0.15) is 12.4 Å². The Balaban J connectivity index is 2.15. The summed E-state index contributed by atoms with van der Waals surface area (Å²) in [6.07, 6.45) is 1.82. The molecule has 1 aliphatic heterocycles. The maximum atomic E-state index is 11.9. The lowest BCUT2D eigenvalue weighted by Crippen LogP contribution is -2.28. The van der Waals surface area contributed by atoms with Gasteiger partial charge >= 0.3 is 0 Å². The van der Waals surface area contributed by atoms with Crippen LogP contribution in [0.1, 0.15) is 6.42 Å². The topological polar surface area (TPSA) is 72.6 Å². The molecule has 1 fully saturated rings. The number of benzene rings is 1. The van der Waals surface area contributed by atoms with E-state index < -0.39 is 11.8 Å². The fraction of sp³-hybridized carbons (Fsp3) is 0.286. The molecule has 0 aliphatic carbocycles. The van der Waals surface area contributed by atoms with E-state index in [0.717, 1.165) is 5.69 Å². The van der Waals surface area contributed by atoms with Crippen LogP contribution in [0, 0.1) is 5.92 Å². The van der Waals surface area contributed by atoms with Crippen molar-refractivity contribution in [1.82, 2.24) is 0 Å². The third kappa shape index (κ3) is 2.93. The van der Waals surface area contributed by atoms with Gasteiger partial charge in [-0.3, -0.25) is 9.59 Å². The van der Waals surface area contributed by atoms with E-state index >= 15 is 0 Å². The lowest BCUT2D eigenvalue weighted by atomic mass is 10.1. The second-order valence-corrected chi connectivity index (χ2v) is 4.40. The molecule has 0 saturated carbocycles. The summed E-state index contributed by atoms with van der Waals surface area (Å²) in [6.45, 7) is 4.31. The maximum Gasteiger partial charge on any atom is 0.227 e. The van der Waals surface area contributed by atoms with E-state index in [1.165, 1.54) is 0 Å². The number of amides is 2. The average Bonchev–Trinajstić information content (AvgIpc) is 2.79. The predicted octanol–water partition coefficient (Wildman–Crippen LogP) is 1.09. The summed E-state index contributed by atoms with van der Waals surface area (Å²) in [5.74, 6) is -0.280. The van der Waals surface area contributed by atoms with Crippen LogP contribution < -0.4 is 15.4 Å². The molecule has 5 heteroatoms. The smallest absolute Gasteiger partial charge is 0.227 e. The van der Waals surface area contributed by atoms with E-state index in [-0.39, 0.29) is 12.3 Å². The quantitative estimate of drug-likeness (QED) is 0.805. The molecular formula is C14H16N2O3. The number of ether oxygens (including phenoxy) is 1. The van der Waals surface area contributed by atoms with Crippen molar-refractivity contribution in [2.45, 2.75) is 6.42 Å². The summed E-state index contributed by atoms with van der Waals surface area (Å²) in [5, 5.41) is 0. The van der Waals surface area contributed by atoms with Crippen LogP contribution in [0.2, 0.25) is 0 Å². The predicted molar refractivity (Wildman–Crippen MR) is 71.8 cm³/mol. The van der Waals surface area contributed by atoms with Crippen LogP contribution >= 0.6 is 0 Å². The van der Waals surface area contributed by atoms with Crippen molar-refractivity contribution in [3.63, 3.8) is 0 Å². The molecular weight excluding hydrogens is 244 g/mol. The molecule has 1 atom stereocenters. The van der Waals surface area contributed by atoms with E-state index in [4.69, 9.17) is 10.5 Å². The van der Waals surface area contributed by atoms with Gasteiger partial charge in [0.25, 0.3) is 0 Å². The lowest BCUT2D eigenvalue weighted by molar-refractivity contribution is -0.123. The van der Waals surface area contributed by atoms with Gasteiger partial charge in [-0.2, -0.15) is 0 Å². The Labute approximate surface area is 111 Å². The minimum atomic E-state index is -0.435. The van der Waals surface area contributed by atoms with Gasteiger partial charge in [-0.05, 0) is 12.1 Å². The lowest BCUT2D eigenvalue weighted by Gasteiger charge is -2.17. The molecule has 1 heterocycles. The largest absolute Gasteiger partial charge is 0.489 e. The fourth-order valence-electron chi connectivity index (χ4n) is 2.04. The molecule has 0 aromatic heterocycles. The minimum absolute atomic E-state index is 0.0929. The molecule has 0 radical (unpaired) electrons. The van der Waals surface area contributed by atoms with Crippen LogP contribution in [-0.4, -0.2) is 25.0 Å². The summed E-state index contributed by atoms with van der Waals surface area (Å²) in [5.41, 5.74) is 5.96. The molecule has 2 rings (SSSR count). The molecule has 1 aromatic rings.